The molecule has 1 atom stereocenters. The zero-order chi connectivity index (χ0) is 11.0. The Morgan fingerprint density at radius 1 is 1.57 bits per heavy atom. The number of carbonyl (C=O) groups is 1. The van der Waals surface area contributed by atoms with E-state index in [1.165, 1.54) is 0 Å². The highest BCUT2D eigenvalue weighted by Crippen LogP contribution is 2.29. The fourth-order valence-electron chi connectivity index (χ4n) is 1.60. The molecule has 0 bridgehead atoms. The highest BCUT2D eigenvalue weighted by molar-refractivity contribution is 5.76. The second-order valence-corrected chi connectivity index (χ2v) is 4.13. The number of hydrogen-bond donors (Lipinski definition) is 1. The number of rotatable bonds is 7. The van der Waals surface area contributed by atoms with Crippen molar-refractivity contribution in [2.45, 2.75) is 40.0 Å². The van der Waals surface area contributed by atoms with E-state index in [1.54, 1.807) is 6.92 Å². The minimum Gasteiger partial charge on any atom is -0.317 e. The molecule has 0 radical (unpaired) electrons. The third-order valence-electron chi connectivity index (χ3n) is 2.34. The fourth-order valence-corrected chi connectivity index (χ4v) is 1.60. The van der Waals surface area contributed by atoms with Gasteiger partial charge in [-0.1, -0.05) is 13.8 Å². The molecule has 0 saturated heterocycles. The van der Waals surface area contributed by atoms with E-state index in [0.29, 0.717) is 12.8 Å². The van der Waals surface area contributed by atoms with Gasteiger partial charge in [0.25, 0.3) is 0 Å². The van der Waals surface area contributed by atoms with E-state index in [-0.39, 0.29) is 11.2 Å². The molecule has 0 aliphatic rings. The van der Waals surface area contributed by atoms with Crippen molar-refractivity contribution in [3.63, 3.8) is 0 Å². The molecular formula is C11H20N2O. The Kier molecular flexibility index (Phi) is 6.14. The SMILES string of the molecule is CCNCCC(C)(CC#N)CC(C)=O. The summed E-state index contributed by atoms with van der Waals surface area (Å²) in [5.74, 6) is 0.166. The zero-order valence-corrected chi connectivity index (χ0v) is 9.39. The molecule has 0 aromatic rings. The molecule has 0 aromatic heterocycles. The lowest BCUT2D eigenvalue weighted by atomic mass is 9.79. The maximum atomic E-state index is 11.0. The second-order valence-electron chi connectivity index (χ2n) is 4.13. The minimum absolute atomic E-state index is 0.150. The summed E-state index contributed by atoms with van der Waals surface area (Å²) in [6.45, 7) is 7.45. The van der Waals surface area contributed by atoms with Crippen molar-refractivity contribution >= 4 is 5.78 Å². The molecule has 1 unspecified atom stereocenters. The Labute approximate surface area is 86.5 Å². The van der Waals surface area contributed by atoms with Gasteiger partial charge in [0, 0.05) is 12.8 Å². The van der Waals surface area contributed by atoms with Crippen LogP contribution in [0.3, 0.4) is 0 Å². The molecule has 1 N–H and O–H groups in total. The van der Waals surface area contributed by atoms with Gasteiger partial charge >= 0.3 is 0 Å². The van der Waals surface area contributed by atoms with E-state index >= 15 is 0 Å². The summed E-state index contributed by atoms with van der Waals surface area (Å²) < 4.78 is 0. The van der Waals surface area contributed by atoms with Crippen LogP contribution < -0.4 is 5.32 Å². The number of Topliss-reactive ketones (excluding diaryl/α,β-unsaturated/α-hetero) is 1. The monoisotopic (exact) mass is 196 g/mol. The molecule has 0 saturated carbocycles. The van der Waals surface area contributed by atoms with Crippen molar-refractivity contribution in [2.24, 2.45) is 5.41 Å². The minimum atomic E-state index is -0.150. The number of carbonyl (C=O) groups excluding carboxylic acids is 1. The third kappa shape index (κ3) is 5.71. The third-order valence-corrected chi connectivity index (χ3v) is 2.34. The van der Waals surface area contributed by atoms with Gasteiger partial charge in [-0.2, -0.15) is 5.26 Å². The first-order valence-electron chi connectivity index (χ1n) is 5.11. The van der Waals surface area contributed by atoms with Crippen molar-refractivity contribution in [1.82, 2.24) is 5.32 Å². The number of ketones is 1. The molecule has 0 aliphatic heterocycles. The standard InChI is InChI=1S/C11H20N2O/c1-4-13-8-6-11(3,5-7-12)9-10(2)14/h13H,4-6,8-9H2,1-3H3. The van der Waals surface area contributed by atoms with Gasteiger partial charge in [0.05, 0.1) is 6.07 Å². The Balaban J connectivity index is 4.10. The number of nitrogens with zero attached hydrogens (tertiary/aromatic N) is 1. The first-order chi connectivity index (χ1) is 6.54. The van der Waals surface area contributed by atoms with Crippen LogP contribution in [0.4, 0.5) is 0 Å². The van der Waals surface area contributed by atoms with Crippen molar-refractivity contribution in [2.75, 3.05) is 13.1 Å². The molecule has 0 fully saturated rings. The molecule has 0 rings (SSSR count). The van der Waals surface area contributed by atoms with Gasteiger partial charge in [0.2, 0.25) is 0 Å². The van der Waals surface area contributed by atoms with Gasteiger partial charge in [-0.25, -0.2) is 0 Å². The number of hydrogen-bond acceptors (Lipinski definition) is 3. The summed E-state index contributed by atoms with van der Waals surface area (Å²) in [4.78, 5) is 11.0. The van der Waals surface area contributed by atoms with E-state index in [4.69, 9.17) is 5.26 Å². The van der Waals surface area contributed by atoms with Crippen molar-refractivity contribution in [3.8, 4) is 6.07 Å². The molecule has 3 nitrogen and oxygen atoms in total. The van der Waals surface area contributed by atoms with Crippen LogP contribution in [0.2, 0.25) is 0 Å². The highest BCUT2D eigenvalue weighted by atomic mass is 16.1. The molecular weight excluding hydrogens is 176 g/mol. The Bertz CT molecular complexity index is 220. The maximum Gasteiger partial charge on any atom is 0.130 e. The van der Waals surface area contributed by atoms with E-state index in [9.17, 15) is 4.79 Å². The molecule has 14 heavy (non-hydrogen) atoms. The van der Waals surface area contributed by atoms with Crippen molar-refractivity contribution in [1.29, 1.82) is 5.26 Å². The van der Waals surface area contributed by atoms with Crippen LogP contribution in [-0.2, 0) is 4.79 Å². The van der Waals surface area contributed by atoms with Crippen LogP contribution in [0.5, 0.6) is 0 Å². The number of nitrogens with one attached hydrogen (secondary N) is 1. The summed E-state index contributed by atoms with van der Waals surface area (Å²) in [7, 11) is 0. The molecule has 0 heterocycles. The van der Waals surface area contributed by atoms with Gasteiger partial charge < -0.3 is 10.1 Å². The van der Waals surface area contributed by atoms with Crippen molar-refractivity contribution in [3.05, 3.63) is 0 Å². The summed E-state index contributed by atoms with van der Waals surface area (Å²) in [6.07, 6.45) is 1.85. The fraction of sp³-hybridized carbons (Fsp3) is 0.818. The van der Waals surface area contributed by atoms with Crippen LogP contribution in [0.1, 0.15) is 40.0 Å². The largest absolute Gasteiger partial charge is 0.317 e. The lowest BCUT2D eigenvalue weighted by molar-refractivity contribution is -0.119. The summed E-state index contributed by atoms with van der Waals surface area (Å²) in [5.41, 5.74) is -0.150. The molecule has 0 amide bonds. The van der Waals surface area contributed by atoms with Crippen LogP contribution in [0, 0.1) is 16.7 Å². The van der Waals surface area contributed by atoms with Gasteiger partial charge in [0.1, 0.15) is 5.78 Å². The molecule has 0 spiro atoms. The second kappa shape index (κ2) is 6.56. The predicted octanol–water partition coefficient (Wildman–Crippen LogP) is 1.89. The Hall–Kier alpha value is -0.880. The van der Waals surface area contributed by atoms with Crippen LogP contribution in [0.15, 0.2) is 0 Å². The first-order valence-corrected chi connectivity index (χ1v) is 5.11. The topological polar surface area (TPSA) is 52.9 Å². The highest BCUT2D eigenvalue weighted by Gasteiger charge is 2.25. The average molecular weight is 196 g/mol. The van der Waals surface area contributed by atoms with E-state index in [1.807, 2.05) is 13.8 Å². The first kappa shape index (κ1) is 13.1. The smallest absolute Gasteiger partial charge is 0.130 e. The molecule has 3 heteroatoms. The van der Waals surface area contributed by atoms with Crippen molar-refractivity contribution < 1.29 is 4.79 Å². The quantitative estimate of drug-likeness (QED) is 0.632. The maximum absolute atomic E-state index is 11.0. The lowest BCUT2D eigenvalue weighted by Crippen LogP contribution is -2.26. The zero-order valence-electron chi connectivity index (χ0n) is 9.39. The molecule has 0 aliphatic carbocycles. The van der Waals surface area contributed by atoms with Crippen LogP contribution in [0.25, 0.3) is 0 Å². The van der Waals surface area contributed by atoms with E-state index < -0.39 is 0 Å². The summed E-state index contributed by atoms with van der Waals surface area (Å²) in [6, 6.07) is 2.16. The predicted molar refractivity (Wildman–Crippen MR) is 56.8 cm³/mol. The lowest BCUT2D eigenvalue weighted by Gasteiger charge is -2.25. The Morgan fingerprint density at radius 2 is 2.21 bits per heavy atom. The molecule has 80 valence electrons. The number of nitriles is 1. The molecule has 0 aromatic carbocycles. The van der Waals surface area contributed by atoms with Gasteiger partial charge in [-0.3, -0.25) is 0 Å². The van der Waals surface area contributed by atoms with Gasteiger partial charge in [-0.15, -0.1) is 0 Å². The normalized spacial score (nSPS) is 14.4. The summed E-state index contributed by atoms with van der Waals surface area (Å²) >= 11 is 0. The van der Waals surface area contributed by atoms with E-state index in [2.05, 4.69) is 11.4 Å². The van der Waals surface area contributed by atoms with Crippen LogP contribution in [-0.4, -0.2) is 18.9 Å². The van der Waals surface area contributed by atoms with E-state index in [0.717, 1.165) is 19.5 Å². The Morgan fingerprint density at radius 3 is 2.64 bits per heavy atom. The van der Waals surface area contributed by atoms with Crippen LogP contribution >= 0.6 is 0 Å². The average Bonchev–Trinajstić information content (AvgIpc) is 2.03. The van der Waals surface area contributed by atoms with Gasteiger partial charge in [-0.05, 0) is 31.8 Å². The summed E-state index contributed by atoms with van der Waals surface area (Å²) in [5, 5.41) is 11.9. The van der Waals surface area contributed by atoms with Gasteiger partial charge in [0.15, 0.2) is 0 Å².